The molecular weight excluding hydrogens is 266 g/mol. The number of hydrogen-bond donors (Lipinski definition) is 0. The van der Waals surface area contributed by atoms with Gasteiger partial charge >= 0.3 is 5.97 Å². The van der Waals surface area contributed by atoms with Gasteiger partial charge in [0.1, 0.15) is 0 Å². The lowest BCUT2D eigenvalue weighted by Crippen LogP contribution is -2.13. The fourth-order valence-corrected chi connectivity index (χ4v) is 2.23. The van der Waals surface area contributed by atoms with Crippen molar-refractivity contribution in [1.29, 1.82) is 0 Å². The highest BCUT2D eigenvalue weighted by molar-refractivity contribution is 5.85. The van der Waals surface area contributed by atoms with Crippen molar-refractivity contribution in [1.82, 2.24) is 14.8 Å². The van der Waals surface area contributed by atoms with E-state index in [4.69, 9.17) is 4.74 Å². The second-order valence-electron chi connectivity index (χ2n) is 5.90. The highest BCUT2D eigenvalue weighted by Crippen LogP contribution is 2.31. The van der Waals surface area contributed by atoms with E-state index >= 15 is 0 Å². The number of nitrogens with zero attached hydrogens (tertiary/aromatic N) is 3. The smallest absolute Gasteiger partial charge is 0.378 e. The van der Waals surface area contributed by atoms with E-state index in [0.29, 0.717) is 12.4 Å². The summed E-state index contributed by atoms with van der Waals surface area (Å²) in [6.07, 6.45) is 0. The van der Waals surface area contributed by atoms with Crippen LogP contribution in [-0.4, -0.2) is 27.3 Å². The molecule has 0 spiro atoms. The summed E-state index contributed by atoms with van der Waals surface area (Å²) < 4.78 is 6.57. The Kier molecular flexibility index (Phi) is 4.11. The molecule has 0 amide bonds. The summed E-state index contributed by atoms with van der Waals surface area (Å²) in [7, 11) is 1.78. The van der Waals surface area contributed by atoms with Crippen LogP contribution < -0.4 is 0 Å². The lowest BCUT2D eigenvalue weighted by Gasteiger charge is -2.22. The Hall–Kier alpha value is -2.17. The van der Waals surface area contributed by atoms with Crippen molar-refractivity contribution in [3.63, 3.8) is 0 Å². The van der Waals surface area contributed by atoms with Crippen LogP contribution in [0.4, 0.5) is 0 Å². The maximum Gasteiger partial charge on any atom is 0.378 e. The van der Waals surface area contributed by atoms with E-state index in [-0.39, 0.29) is 11.2 Å². The standard InChI is InChI=1S/C16H21N3O2/c1-6-21-15(20)13-17-14(19(5)18-13)11-9-7-8-10-12(11)16(2,3)4/h7-10H,6H2,1-5H3. The third-order valence-electron chi connectivity index (χ3n) is 3.20. The second kappa shape index (κ2) is 5.68. The molecule has 21 heavy (non-hydrogen) atoms. The first kappa shape index (κ1) is 15.2. The first-order chi connectivity index (χ1) is 9.84. The monoisotopic (exact) mass is 287 g/mol. The molecule has 1 heterocycles. The van der Waals surface area contributed by atoms with Gasteiger partial charge in [0.05, 0.1) is 6.61 Å². The lowest BCUT2D eigenvalue weighted by atomic mass is 9.83. The largest absolute Gasteiger partial charge is 0.460 e. The average molecular weight is 287 g/mol. The van der Waals surface area contributed by atoms with Gasteiger partial charge in [0, 0.05) is 12.6 Å². The summed E-state index contributed by atoms with van der Waals surface area (Å²) in [5, 5.41) is 4.16. The van der Waals surface area contributed by atoms with Crippen LogP contribution in [0.3, 0.4) is 0 Å². The number of aryl methyl sites for hydroxylation is 1. The maximum atomic E-state index is 11.8. The van der Waals surface area contributed by atoms with Crippen LogP contribution in [0, 0.1) is 0 Å². The Bertz CT molecular complexity index is 654. The van der Waals surface area contributed by atoms with Crippen molar-refractivity contribution in [3.8, 4) is 11.4 Å². The summed E-state index contributed by atoms with van der Waals surface area (Å²) in [4.78, 5) is 16.1. The average Bonchev–Trinajstić information content (AvgIpc) is 2.80. The van der Waals surface area contributed by atoms with Gasteiger partial charge in [0.15, 0.2) is 5.82 Å². The van der Waals surface area contributed by atoms with Crippen molar-refractivity contribution in [2.45, 2.75) is 33.1 Å². The predicted molar refractivity (Wildman–Crippen MR) is 81.1 cm³/mol. The zero-order valence-corrected chi connectivity index (χ0v) is 13.2. The molecule has 0 saturated heterocycles. The summed E-state index contributed by atoms with van der Waals surface area (Å²) >= 11 is 0. The van der Waals surface area contributed by atoms with Crippen molar-refractivity contribution >= 4 is 5.97 Å². The number of rotatable bonds is 3. The summed E-state index contributed by atoms with van der Waals surface area (Å²) in [5.41, 5.74) is 2.12. The minimum absolute atomic E-state index is 0.0212. The molecule has 0 aliphatic rings. The maximum absolute atomic E-state index is 11.8. The number of esters is 1. The van der Waals surface area contributed by atoms with Crippen LogP contribution >= 0.6 is 0 Å². The van der Waals surface area contributed by atoms with E-state index in [1.807, 2.05) is 18.2 Å². The van der Waals surface area contributed by atoms with Crippen LogP contribution in [0.25, 0.3) is 11.4 Å². The van der Waals surface area contributed by atoms with E-state index in [9.17, 15) is 4.79 Å². The van der Waals surface area contributed by atoms with Crippen molar-refractivity contribution in [2.24, 2.45) is 7.05 Å². The summed E-state index contributed by atoms with van der Waals surface area (Å²) in [5.74, 6) is 0.272. The Morgan fingerprint density at radius 1 is 1.29 bits per heavy atom. The van der Waals surface area contributed by atoms with Gasteiger partial charge in [-0.3, -0.25) is 0 Å². The van der Waals surface area contributed by atoms with Crippen LogP contribution in [0.5, 0.6) is 0 Å². The SMILES string of the molecule is CCOC(=O)c1nc(-c2ccccc2C(C)(C)C)n(C)n1. The molecule has 5 heteroatoms. The van der Waals surface area contributed by atoms with Crippen molar-refractivity contribution < 1.29 is 9.53 Å². The number of ether oxygens (including phenoxy) is 1. The van der Waals surface area contributed by atoms with Gasteiger partial charge in [-0.2, -0.15) is 0 Å². The van der Waals surface area contributed by atoms with Gasteiger partial charge in [-0.05, 0) is 17.9 Å². The molecular formula is C16H21N3O2. The van der Waals surface area contributed by atoms with Crippen molar-refractivity contribution in [2.75, 3.05) is 6.61 Å². The molecule has 0 unspecified atom stereocenters. The van der Waals surface area contributed by atoms with E-state index in [0.717, 1.165) is 11.1 Å². The third-order valence-corrected chi connectivity index (χ3v) is 3.20. The Labute approximate surface area is 125 Å². The molecule has 0 saturated carbocycles. The fourth-order valence-electron chi connectivity index (χ4n) is 2.23. The zero-order chi connectivity index (χ0) is 15.6. The second-order valence-corrected chi connectivity index (χ2v) is 5.90. The van der Waals surface area contributed by atoms with E-state index < -0.39 is 5.97 Å². The number of aromatic nitrogens is 3. The Morgan fingerprint density at radius 3 is 2.57 bits per heavy atom. The molecule has 0 atom stereocenters. The molecule has 0 bridgehead atoms. The fraction of sp³-hybridized carbons (Fsp3) is 0.438. The minimum atomic E-state index is -0.493. The Morgan fingerprint density at radius 2 is 1.95 bits per heavy atom. The predicted octanol–water partition coefficient (Wildman–Crippen LogP) is 2.96. The topological polar surface area (TPSA) is 57.0 Å². The van der Waals surface area contributed by atoms with E-state index in [2.05, 4.69) is 36.9 Å². The molecule has 2 rings (SSSR count). The first-order valence-corrected chi connectivity index (χ1v) is 7.02. The lowest BCUT2D eigenvalue weighted by molar-refractivity contribution is 0.0512. The van der Waals surface area contributed by atoms with E-state index in [1.165, 1.54) is 0 Å². The minimum Gasteiger partial charge on any atom is -0.460 e. The molecule has 1 aromatic heterocycles. The van der Waals surface area contributed by atoms with Crippen molar-refractivity contribution in [3.05, 3.63) is 35.7 Å². The quantitative estimate of drug-likeness (QED) is 0.814. The first-order valence-electron chi connectivity index (χ1n) is 7.02. The summed E-state index contributed by atoms with van der Waals surface area (Å²) in [6, 6.07) is 8.05. The van der Waals surface area contributed by atoms with Crippen LogP contribution in [0.2, 0.25) is 0 Å². The number of benzene rings is 1. The van der Waals surface area contributed by atoms with Gasteiger partial charge < -0.3 is 4.74 Å². The molecule has 0 aliphatic carbocycles. The molecule has 0 fully saturated rings. The molecule has 2 aromatic rings. The van der Waals surface area contributed by atoms with E-state index in [1.54, 1.807) is 18.7 Å². The number of carbonyl (C=O) groups is 1. The van der Waals surface area contributed by atoms with Gasteiger partial charge in [0.2, 0.25) is 0 Å². The molecule has 0 aliphatic heterocycles. The van der Waals surface area contributed by atoms with Gasteiger partial charge in [-0.1, -0.05) is 45.0 Å². The number of hydrogen-bond acceptors (Lipinski definition) is 4. The van der Waals surface area contributed by atoms with Gasteiger partial charge in [-0.15, -0.1) is 5.10 Å². The normalized spacial score (nSPS) is 11.5. The molecule has 0 N–H and O–H groups in total. The van der Waals surface area contributed by atoms with Crippen LogP contribution in [-0.2, 0) is 17.2 Å². The zero-order valence-electron chi connectivity index (χ0n) is 13.2. The van der Waals surface area contributed by atoms with Gasteiger partial charge in [-0.25, -0.2) is 14.5 Å². The highest BCUT2D eigenvalue weighted by Gasteiger charge is 2.23. The third kappa shape index (κ3) is 3.12. The molecule has 112 valence electrons. The molecule has 0 radical (unpaired) electrons. The van der Waals surface area contributed by atoms with Crippen LogP contribution in [0.1, 0.15) is 43.9 Å². The molecule has 1 aromatic carbocycles. The summed E-state index contributed by atoms with van der Waals surface area (Å²) in [6.45, 7) is 8.51. The number of carbonyl (C=O) groups excluding carboxylic acids is 1. The Balaban J connectivity index is 2.51. The highest BCUT2D eigenvalue weighted by atomic mass is 16.5. The van der Waals surface area contributed by atoms with Crippen LogP contribution in [0.15, 0.2) is 24.3 Å². The molecule has 5 nitrogen and oxygen atoms in total. The van der Waals surface area contributed by atoms with Gasteiger partial charge in [0.25, 0.3) is 5.82 Å².